The minimum Gasteiger partial charge on any atom is -0.456 e. The number of fused-ring (bicyclic) bond motifs is 7. The summed E-state index contributed by atoms with van der Waals surface area (Å²) >= 11 is 0. The molecule has 0 fully saturated rings. The van der Waals surface area contributed by atoms with Gasteiger partial charge in [0.05, 0.1) is 11.5 Å². The van der Waals surface area contributed by atoms with Crippen molar-refractivity contribution in [3.63, 3.8) is 0 Å². The molecule has 2 heteroatoms. The fraction of sp³-hybridized carbons (Fsp3) is 0.200. The largest absolute Gasteiger partial charge is 0.456 e. The molecule has 0 radical (unpaired) electrons. The van der Waals surface area contributed by atoms with Crippen molar-refractivity contribution in [3.05, 3.63) is 226 Å². The Hall–Kier alpha value is -6.64. The number of rotatable bonds is 8. The van der Waals surface area contributed by atoms with Gasteiger partial charge in [-0.25, -0.2) is 0 Å². The number of anilines is 2. The zero-order valence-electron chi connectivity index (χ0n) is 36.2. The van der Waals surface area contributed by atoms with E-state index in [1.54, 1.807) is 0 Å². The molecule has 0 bridgehead atoms. The van der Waals surface area contributed by atoms with Crippen LogP contribution in [-0.4, -0.2) is 6.04 Å². The van der Waals surface area contributed by atoms with Crippen molar-refractivity contribution in [2.45, 2.75) is 69.7 Å². The molecule has 0 saturated heterocycles. The van der Waals surface area contributed by atoms with E-state index in [1.165, 1.54) is 61.3 Å². The van der Waals surface area contributed by atoms with Gasteiger partial charge in [-0.2, -0.15) is 0 Å². The number of allylic oxidation sites excluding steroid dienone is 9. The third-order valence-electron chi connectivity index (χ3n) is 14.9. The summed E-state index contributed by atoms with van der Waals surface area (Å²) in [6.45, 7) is 13.7. The Morgan fingerprint density at radius 3 is 2.27 bits per heavy atom. The predicted molar refractivity (Wildman–Crippen MR) is 261 cm³/mol. The van der Waals surface area contributed by atoms with Crippen LogP contribution in [0.15, 0.2) is 187 Å². The standard InChI is InChI=1S/C60H53NO/c1-6-21-45-48-38-44(39-53(57(48)62-55(45)7-2)60(42-24-12-9-13-25-42)51-30-17-14-26-46(51)50-29-18-19-37-59(50,60)5)61(43-35-33-41(34-36-43)40-22-10-8-11-23-40)54-32-20-31-52-56(54)47-27-15-16-28-49(47)58(52,3)4/h6-8,10-12,14-38,44,50H,2,9,13,39H2,1,3-5H3/b21-6-. The van der Waals surface area contributed by atoms with E-state index in [0.717, 1.165) is 46.9 Å². The van der Waals surface area contributed by atoms with E-state index < -0.39 is 5.41 Å². The smallest absolute Gasteiger partial charge is 0.135 e. The van der Waals surface area contributed by atoms with E-state index in [4.69, 9.17) is 4.42 Å². The van der Waals surface area contributed by atoms with Crippen LogP contribution in [0.3, 0.4) is 0 Å². The Morgan fingerprint density at radius 2 is 1.50 bits per heavy atom. The average Bonchev–Trinajstić information content (AvgIpc) is 3.88. The van der Waals surface area contributed by atoms with Crippen LogP contribution in [0.4, 0.5) is 11.4 Å². The highest BCUT2D eigenvalue weighted by Gasteiger charge is 2.62. The third-order valence-corrected chi connectivity index (χ3v) is 14.9. The number of hydrogen-bond acceptors (Lipinski definition) is 2. The summed E-state index contributed by atoms with van der Waals surface area (Å²) < 4.78 is 7.22. The second-order valence-corrected chi connectivity index (χ2v) is 18.4. The number of hydrogen-bond donors (Lipinski definition) is 0. The van der Waals surface area contributed by atoms with Gasteiger partial charge in [0.15, 0.2) is 0 Å². The second kappa shape index (κ2) is 14.5. The summed E-state index contributed by atoms with van der Waals surface area (Å²) in [5, 5.41) is 1.14. The average molecular weight is 804 g/mol. The molecule has 6 aromatic rings. The fourth-order valence-electron chi connectivity index (χ4n) is 12.2. The Kier molecular flexibility index (Phi) is 8.95. The van der Waals surface area contributed by atoms with Gasteiger partial charge in [0.1, 0.15) is 11.2 Å². The monoisotopic (exact) mass is 803 g/mol. The molecule has 5 aliphatic rings. The molecule has 5 aromatic carbocycles. The van der Waals surface area contributed by atoms with Crippen molar-refractivity contribution < 1.29 is 4.42 Å². The molecule has 2 nitrogen and oxygen atoms in total. The van der Waals surface area contributed by atoms with E-state index in [1.807, 2.05) is 6.08 Å². The maximum Gasteiger partial charge on any atom is 0.135 e. The fourth-order valence-corrected chi connectivity index (χ4v) is 12.2. The molecular weight excluding hydrogens is 751 g/mol. The molecule has 62 heavy (non-hydrogen) atoms. The second-order valence-electron chi connectivity index (χ2n) is 18.4. The van der Waals surface area contributed by atoms with Gasteiger partial charge in [-0.3, -0.25) is 0 Å². The first-order valence-electron chi connectivity index (χ1n) is 22.5. The van der Waals surface area contributed by atoms with Crippen LogP contribution in [0, 0.1) is 5.41 Å². The number of benzene rings is 5. The van der Waals surface area contributed by atoms with Gasteiger partial charge in [-0.05, 0) is 107 Å². The highest BCUT2D eigenvalue weighted by Crippen LogP contribution is 2.68. The lowest BCUT2D eigenvalue weighted by molar-refractivity contribution is 0.295. The van der Waals surface area contributed by atoms with Crippen molar-refractivity contribution >= 4 is 35.2 Å². The highest BCUT2D eigenvalue weighted by atomic mass is 16.3. The molecule has 0 saturated carbocycles. The molecule has 0 N–H and O–H groups in total. The molecule has 0 amide bonds. The van der Waals surface area contributed by atoms with Crippen LogP contribution in [0.25, 0.3) is 46.1 Å². The van der Waals surface area contributed by atoms with Gasteiger partial charge in [0.25, 0.3) is 0 Å². The number of furan rings is 1. The summed E-state index contributed by atoms with van der Waals surface area (Å²) in [6.07, 6.45) is 28.4. The van der Waals surface area contributed by atoms with Gasteiger partial charge in [0, 0.05) is 44.5 Å². The molecule has 1 aromatic heterocycles. The van der Waals surface area contributed by atoms with Crippen molar-refractivity contribution in [1.29, 1.82) is 0 Å². The normalized spacial score (nSPS) is 23.5. The van der Waals surface area contributed by atoms with E-state index in [9.17, 15) is 0 Å². The lowest BCUT2D eigenvalue weighted by Gasteiger charge is -2.50. The maximum absolute atomic E-state index is 7.22. The maximum atomic E-state index is 7.22. The molecule has 4 unspecified atom stereocenters. The van der Waals surface area contributed by atoms with Gasteiger partial charge >= 0.3 is 0 Å². The quantitative estimate of drug-likeness (QED) is 0.152. The lowest BCUT2D eigenvalue weighted by Crippen LogP contribution is -2.51. The minimum absolute atomic E-state index is 0.0790. The van der Waals surface area contributed by atoms with Crippen LogP contribution in [0.1, 0.15) is 86.5 Å². The van der Waals surface area contributed by atoms with Crippen LogP contribution in [0.2, 0.25) is 0 Å². The minimum atomic E-state index is -0.521. The first-order valence-corrected chi connectivity index (χ1v) is 22.5. The molecule has 1 heterocycles. The van der Waals surface area contributed by atoms with Crippen molar-refractivity contribution in [1.82, 2.24) is 0 Å². The summed E-state index contributed by atoms with van der Waals surface area (Å²) in [4.78, 5) is 2.66. The molecule has 304 valence electrons. The predicted octanol–water partition coefficient (Wildman–Crippen LogP) is 13.9. The molecular formula is C60H53NO. The molecule has 4 atom stereocenters. The number of nitrogens with zero attached hydrogens (tertiary/aromatic N) is 1. The third kappa shape index (κ3) is 5.35. The SMILES string of the molecule is C=Cc1oc2c(c1/C=C\C)=CC(N(c1ccc(-c3ccccc3)cc1)c1cccc3c1-c1ccccc1C3(C)C)CC=2C1(C2=CCCC=C2)c2ccccc2C2C=CC=CC21C. The van der Waals surface area contributed by atoms with Gasteiger partial charge in [-0.1, -0.05) is 185 Å². The zero-order chi connectivity index (χ0) is 42.2. The van der Waals surface area contributed by atoms with Gasteiger partial charge < -0.3 is 9.32 Å². The Labute approximate surface area is 366 Å². The van der Waals surface area contributed by atoms with Crippen molar-refractivity contribution in [3.8, 4) is 22.3 Å². The van der Waals surface area contributed by atoms with E-state index in [2.05, 4.69) is 221 Å². The topological polar surface area (TPSA) is 16.4 Å². The van der Waals surface area contributed by atoms with E-state index >= 15 is 0 Å². The summed E-state index contributed by atoms with van der Waals surface area (Å²) in [7, 11) is 0. The molecule has 0 aliphatic heterocycles. The van der Waals surface area contributed by atoms with Crippen LogP contribution in [0.5, 0.6) is 0 Å². The van der Waals surface area contributed by atoms with Crippen LogP contribution >= 0.6 is 0 Å². The first kappa shape index (κ1) is 38.3. The Bertz CT molecular complexity index is 3070. The van der Waals surface area contributed by atoms with Gasteiger partial charge in [0.2, 0.25) is 0 Å². The van der Waals surface area contributed by atoms with Crippen molar-refractivity contribution in [2.24, 2.45) is 5.41 Å². The highest BCUT2D eigenvalue weighted by molar-refractivity contribution is 5.93. The lowest BCUT2D eigenvalue weighted by atomic mass is 9.52. The summed E-state index contributed by atoms with van der Waals surface area (Å²) in [6, 6.07) is 45.2. The summed E-state index contributed by atoms with van der Waals surface area (Å²) in [5.41, 5.74) is 16.7. The Balaban J connectivity index is 1.23. The summed E-state index contributed by atoms with van der Waals surface area (Å²) in [5.74, 6) is 1.01. The first-order chi connectivity index (χ1) is 30.3. The van der Waals surface area contributed by atoms with E-state index in [0.29, 0.717) is 0 Å². The van der Waals surface area contributed by atoms with Crippen molar-refractivity contribution in [2.75, 3.05) is 4.90 Å². The van der Waals surface area contributed by atoms with E-state index in [-0.39, 0.29) is 22.8 Å². The Morgan fingerprint density at radius 1 is 0.758 bits per heavy atom. The van der Waals surface area contributed by atoms with Crippen LogP contribution in [-0.2, 0) is 10.8 Å². The molecule has 0 spiro atoms. The molecule has 5 aliphatic carbocycles. The zero-order valence-corrected chi connectivity index (χ0v) is 36.2. The molecule has 11 rings (SSSR count). The van der Waals surface area contributed by atoms with Gasteiger partial charge in [-0.15, -0.1) is 0 Å². The van der Waals surface area contributed by atoms with Crippen LogP contribution < -0.4 is 15.5 Å².